The second-order valence-corrected chi connectivity index (χ2v) is 11.0. The number of sulfonamides is 1. The van der Waals surface area contributed by atoms with Gasteiger partial charge in [-0.05, 0) is 49.8 Å². The minimum Gasteiger partial charge on any atom is -0.463 e. The van der Waals surface area contributed by atoms with Crippen LogP contribution in [-0.2, 0) is 31.5 Å². The molecule has 0 radical (unpaired) electrons. The average Bonchev–Trinajstić information content (AvgIpc) is 3.62. The lowest BCUT2D eigenvalue weighted by Crippen LogP contribution is -2.45. The zero-order chi connectivity index (χ0) is 24.3. The molecule has 2 fully saturated rings. The van der Waals surface area contributed by atoms with Gasteiger partial charge in [-0.1, -0.05) is 54.6 Å². The molecule has 5 nitrogen and oxygen atoms in total. The van der Waals surface area contributed by atoms with Crippen LogP contribution in [0.3, 0.4) is 0 Å². The van der Waals surface area contributed by atoms with Crippen molar-refractivity contribution in [3.8, 4) is 0 Å². The van der Waals surface area contributed by atoms with Gasteiger partial charge in [-0.25, -0.2) is 17.6 Å². The lowest BCUT2D eigenvalue weighted by Gasteiger charge is -2.38. The summed E-state index contributed by atoms with van der Waals surface area (Å²) in [6, 6.07) is 13.7. The molecule has 0 aromatic heterocycles. The lowest BCUT2D eigenvalue weighted by molar-refractivity contribution is -0.137. The summed E-state index contributed by atoms with van der Waals surface area (Å²) in [5.74, 6) is -0.863. The molecular formula is C27H30FNO4S. The molecule has 2 aromatic rings. The summed E-state index contributed by atoms with van der Waals surface area (Å²) in [6.45, 7) is 5.81. The number of carbonyl (C=O) groups excluding carboxylic acids is 1. The Morgan fingerprint density at radius 1 is 1.21 bits per heavy atom. The zero-order valence-corrected chi connectivity index (χ0v) is 20.1. The number of hydrogen-bond acceptors (Lipinski definition) is 4. The molecule has 2 atom stereocenters. The fourth-order valence-electron chi connectivity index (χ4n) is 4.67. The van der Waals surface area contributed by atoms with Crippen LogP contribution in [0.25, 0.3) is 0 Å². The molecule has 0 N–H and O–H groups in total. The number of carbonyl (C=O) groups is 1. The average molecular weight is 484 g/mol. The smallest absolute Gasteiger partial charge is 0.330 e. The van der Waals surface area contributed by atoms with Crippen molar-refractivity contribution in [1.82, 2.24) is 4.31 Å². The number of rotatable bonds is 8. The first-order valence-corrected chi connectivity index (χ1v) is 13.1. The van der Waals surface area contributed by atoms with E-state index in [1.807, 2.05) is 36.4 Å². The maximum absolute atomic E-state index is 15.2. The van der Waals surface area contributed by atoms with Crippen LogP contribution in [0.5, 0.6) is 0 Å². The van der Waals surface area contributed by atoms with Gasteiger partial charge < -0.3 is 4.74 Å². The van der Waals surface area contributed by atoms with Crippen molar-refractivity contribution >= 4 is 16.0 Å². The maximum Gasteiger partial charge on any atom is 0.330 e. The van der Waals surface area contributed by atoms with E-state index < -0.39 is 27.1 Å². The Balaban J connectivity index is 1.58. The first-order chi connectivity index (χ1) is 16.3. The highest BCUT2D eigenvalue weighted by molar-refractivity contribution is 7.89. The molecule has 0 amide bonds. The van der Waals surface area contributed by atoms with Crippen LogP contribution in [0.15, 0.2) is 73.3 Å². The second-order valence-electron chi connectivity index (χ2n) is 8.92. The Bertz CT molecular complexity index is 1190. The summed E-state index contributed by atoms with van der Waals surface area (Å²) in [4.78, 5) is 11.7. The van der Waals surface area contributed by atoms with Crippen LogP contribution in [0.2, 0.25) is 0 Å². The molecule has 1 aliphatic heterocycles. The van der Waals surface area contributed by atoms with Crippen molar-refractivity contribution in [2.75, 3.05) is 6.61 Å². The summed E-state index contributed by atoms with van der Waals surface area (Å²) < 4.78 is 48.6. The minimum absolute atomic E-state index is 0.0554. The fourth-order valence-corrected chi connectivity index (χ4v) is 6.82. The van der Waals surface area contributed by atoms with Gasteiger partial charge in [0.05, 0.1) is 6.61 Å². The van der Waals surface area contributed by atoms with Crippen LogP contribution in [0.1, 0.15) is 54.5 Å². The number of benzene rings is 2. The summed E-state index contributed by atoms with van der Waals surface area (Å²) >= 11 is 0. The summed E-state index contributed by atoms with van der Waals surface area (Å²) in [5.41, 5.74) is 1.47. The molecule has 1 saturated carbocycles. The second kappa shape index (κ2) is 9.84. The van der Waals surface area contributed by atoms with Crippen molar-refractivity contribution in [2.45, 2.75) is 55.9 Å². The Morgan fingerprint density at radius 2 is 1.94 bits per heavy atom. The number of halogens is 1. The predicted octanol–water partition coefficient (Wildman–Crippen LogP) is 5.20. The van der Waals surface area contributed by atoms with E-state index in [1.165, 1.54) is 16.4 Å². The highest BCUT2D eigenvalue weighted by atomic mass is 32.2. The monoisotopic (exact) mass is 483 g/mol. The molecule has 1 heterocycles. The molecule has 2 unspecified atom stereocenters. The third-order valence-electron chi connectivity index (χ3n) is 6.79. The molecule has 0 bridgehead atoms. The molecule has 2 aliphatic rings. The first-order valence-electron chi connectivity index (χ1n) is 11.6. The Hall–Kier alpha value is -2.77. The van der Waals surface area contributed by atoms with E-state index in [1.54, 1.807) is 25.1 Å². The lowest BCUT2D eigenvalue weighted by atomic mass is 9.94. The van der Waals surface area contributed by atoms with E-state index in [-0.39, 0.29) is 18.0 Å². The van der Waals surface area contributed by atoms with Crippen molar-refractivity contribution in [3.05, 3.63) is 95.8 Å². The fraction of sp³-hybridized carbons (Fsp3) is 0.370. The van der Waals surface area contributed by atoms with Gasteiger partial charge in [-0.3, -0.25) is 0 Å². The minimum atomic E-state index is -3.71. The van der Waals surface area contributed by atoms with Crippen molar-refractivity contribution in [3.63, 3.8) is 0 Å². The van der Waals surface area contributed by atoms with Crippen molar-refractivity contribution in [2.24, 2.45) is 0 Å². The number of esters is 1. The Morgan fingerprint density at radius 3 is 2.56 bits per heavy atom. The van der Waals surface area contributed by atoms with E-state index >= 15 is 4.39 Å². The quantitative estimate of drug-likeness (QED) is 0.294. The van der Waals surface area contributed by atoms with Crippen LogP contribution >= 0.6 is 0 Å². The normalized spacial score (nSPS) is 23.5. The van der Waals surface area contributed by atoms with E-state index in [2.05, 4.69) is 6.58 Å². The molecular weight excluding hydrogens is 453 g/mol. The highest BCUT2D eigenvalue weighted by Gasteiger charge is 2.43. The molecule has 4 rings (SSSR count). The largest absolute Gasteiger partial charge is 0.463 e. The van der Waals surface area contributed by atoms with Gasteiger partial charge in [0, 0.05) is 29.6 Å². The van der Waals surface area contributed by atoms with Crippen molar-refractivity contribution in [1.29, 1.82) is 0 Å². The molecule has 34 heavy (non-hydrogen) atoms. The van der Waals surface area contributed by atoms with Crippen molar-refractivity contribution < 1.29 is 22.3 Å². The van der Waals surface area contributed by atoms with Crippen LogP contribution < -0.4 is 0 Å². The zero-order valence-electron chi connectivity index (χ0n) is 19.3. The standard InChI is InChI=1S/C27H30FNO4S/c1-3-23-12-13-25(20-8-6-5-7-9-20)34(31,32)29(23)19-21-10-11-22(18-24(21)28)27(16-17-27)15-14-26(30)33-4-2/h3,5-11,14-15,18,23,25H,1,4,12-13,16-17,19H2,2H3. The van der Waals surface area contributed by atoms with Gasteiger partial charge in [0.1, 0.15) is 11.1 Å². The summed E-state index contributed by atoms with van der Waals surface area (Å²) in [6.07, 6.45) is 7.58. The highest BCUT2D eigenvalue weighted by Crippen LogP contribution is 2.50. The molecule has 7 heteroatoms. The Labute approximate surface area is 201 Å². The van der Waals surface area contributed by atoms with Gasteiger partial charge in [-0.2, -0.15) is 4.31 Å². The third-order valence-corrected chi connectivity index (χ3v) is 9.07. The molecule has 0 spiro atoms. The van der Waals surface area contributed by atoms with E-state index in [4.69, 9.17) is 4.74 Å². The maximum atomic E-state index is 15.2. The number of hydrogen-bond donors (Lipinski definition) is 0. The summed E-state index contributed by atoms with van der Waals surface area (Å²) in [7, 11) is -3.71. The number of allylic oxidation sites excluding steroid dienone is 1. The SMILES string of the molecule is C=CC1CCC(c2ccccc2)S(=O)(=O)N1Cc1ccc(C2(C=CC(=O)OCC)CC2)cc1F. The molecule has 1 saturated heterocycles. The van der Waals surface area contributed by atoms with Crippen LogP contribution in [0.4, 0.5) is 4.39 Å². The van der Waals surface area contributed by atoms with Crippen LogP contribution in [0, 0.1) is 5.82 Å². The topological polar surface area (TPSA) is 63.7 Å². The van der Waals surface area contributed by atoms with E-state index in [9.17, 15) is 13.2 Å². The van der Waals surface area contributed by atoms with E-state index in [0.29, 0.717) is 25.0 Å². The molecule has 180 valence electrons. The molecule has 2 aromatic carbocycles. The first kappa shape index (κ1) is 24.4. The van der Waals surface area contributed by atoms with Crippen LogP contribution in [-0.4, -0.2) is 31.3 Å². The predicted molar refractivity (Wildman–Crippen MR) is 130 cm³/mol. The van der Waals surface area contributed by atoms with Gasteiger partial charge in [0.15, 0.2) is 0 Å². The third kappa shape index (κ3) is 4.86. The number of nitrogens with zero attached hydrogens (tertiary/aromatic N) is 1. The van der Waals surface area contributed by atoms with Gasteiger partial charge in [0.25, 0.3) is 0 Å². The molecule has 1 aliphatic carbocycles. The van der Waals surface area contributed by atoms with Gasteiger partial charge in [-0.15, -0.1) is 6.58 Å². The van der Waals surface area contributed by atoms with E-state index in [0.717, 1.165) is 24.0 Å². The summed E-state index contributed by atoms with van der Waals surface area (Å²) in [5, 5.41) is -0.657. The van der Waals surface area contributed by atoms with Gasteiger partial charge in [0.2, 0.25) is 10.0 Å². The Kier molecular flexibility index (Phi) is 7.05. The van der Waals surface area contributed by atoms with Gasteiger partial charge >= 0.3 is 5.97 Å². The number of ether oxygens (including phenoxy) is 1.